The SMILES string of the molecule is CC1(C(=O)Nc2ccccc2[S+](C(=O)S)c2ccccc2)CCCCC1. The van der Waals surface area contributed by atoms with E-state index in [0.29, 0.717) is 5.69 Å². The van der Waals surface area contributed by atoms with Gasteiger partial charge in [-0.05, 0) is 49.7 Å². The van der Waals surface area contributed by atoms with Crippen LogP contribution in [0.25, 0.3) is 0 Å². The largest absolute Gasteiger partial charge is 0.398 e. The first kappa shape index (κ1) is 19.1. The van der Waals surface area contributed by atoms with E-state index in [-0.39, 0.29) is 15.8 Å². The van der Waals surface area contributed by atoms with Gasteiger partial charge in [0, 0.05) is 5.41 Å². The number of carbonyl (C=O) groups is 2. The number of benzene rings is 2. The molecule has 1 aliphatic rings. The minimum absolute atomic E-state index is 0.0490. The zero-order chi connectivity index (χ0) is 18.6. The second-order valence-electron chi connectivity index (χ2n) is 6.96. The molecule has 0 aromatic heterocycles. The van der Waals surface area contributed by atoms with Crippen molar-refractivity contribution in [1.82, 2.24) is 0 Å². The molecule has 0 heterocycles. The molecule has 1 unspecified atom stereocenters. The summed E-state index contributed by atoms with van der Waals surface area (Å²) in [5.74, 6) is 0.0490. The van der Waals surface area contributed by atoms with Crippen LogP contribution < -0.4 is 5.32 Å². The molecule has 1 N–H and O–H groups in total. The van der Waals surface area contributed by atoms with Gasteiger partial charge in [-0.3, -0.25) is 4.79 Å². The van der Waals surface area contributed by atoms with Gasteiger partial charge in [-0.1, -0.05) is 56.5 Å². The fraction of sp³-hybridized carbons (Fsp3) is 0.333. The van der Waals surface area contributed by atoms with Crippen molar-refractivity contribution in [2.45, 2.75) is 48.8 Å². The summed E-state index contributed by atoms with van der Waals surface area (Å²) in [5.41, 5.74) is 0.376. The van der Waals surface area contributed by atoms with Crippen LogP contribution in [0.1, 0.15) is 39.0 Å². The van der Waals surface area contributed by atoms with E-state index < -0.39 is 10.9 Å². The molecule has 2 aromatic rings. The summed E-state index contributed by atoms with van der Waals surface area (Å²) < 4.78 is -0.207. The van der Waals surface area contributed by atoms with Gasteiger partial charge in [0.2, 0.25) is 5.91 Å². The maximum absolute atomic E-state index is 13.0. The minimum atomic E-state index is -0.839. The van der Waals surface area contributed by atoms with E-state index in [1.54, 1.807) is 0 Å². The van der Waals surface area contributed by atoms with Crippen LogP contribution in [-0.4, -0.2) is 10.4 Å². The van der Waals surface area contributed by atoms with Crippen LogP contribution in [-0.2, 0) is 15.7 Å². The Morgan fingerprint density at radius 1 is 0.962 bits per heavy atom. The fourth-order valence-electron chi connectivity index (χ4n) is 3.46. The highest BCUT2D eigenvalue weighted by Crippen LogP contribution is 2.38. The average molecular weight is 387 g/mol. The molecule has 0 aliphatic heterocycles. The smallest absolute Gasteiger partial charge is 0.321 e. The molecule has 1 aliphatic carbocycles. The quantitative estimate of drug-likeness (QED) is 0.524. The van der Waals surface area contributed by atoms with Crippen molar-refractivity contribution in [3.05, 3.63) is 54.6 Å². The zero-order valence-electron chi connectivity index (χ0n) is 14.9. The zero-order valence-corrected chi connectivity index (χ0v) is 16.6. The van der Waals surface area contributed by atoms with Gasteiger partial charge >= 0.3 is 4.45 Å². The first-order valence-corrected chi connectivity index (χ1v) is 10.6. The third-order valence-corrected chi connectivity index (χ3v) is 7.45. The van der Waals surface area contributed by atoms with Gasteiger partial charge in [-0.25, -0.2) is 4.79 Å². The number of carbonyl (C=O) groups excluding carboxylic acids is 2. The number of rotatable bonds is 4. The molecule has 1 amide bonds. The van der Waals surface area contributed by atoms with Crippen LogP contribution in [0, 0.1) is 5.41 Å². The molecule has 0 radical (unpaired) electrons. The summed E-state index contributed by atoms with van der Waals surface area (Å²) in [6.45, 7) is 2.05. The molecule has 0 saturated heterocycles. The summed E-state index contributed by atoms with van der Waals surface area (Å²) in [7, 11) is -0.839. The molecular weight excluding hydrogens is 362 g/mol. The highest BCUT2D eigenvalue weighted by Gasteiger charge is 2.38. The highest BCUT2D eigenvalue weighted by molar-refractivity contribution is 8.30. The Hall–Kier alpha value is -1.72. The number of amides is 1. The Labute approximate surface area is 163 Å². The highest BCUT2D eigenvalue weighted by atomic mass is 32.2. The Morgan fingerprint density at radius 3 is 2.23 bits per heavy atom. The predicted molar refractivity (Wildman–Crippen MR) is 111 cm³/mol. The van der Waals surface area contributed by atoms with E-state index in [1.165, 1.54) is 6.42 Å². The van der Waals surface area contributed by atoms with E-state index in [2.05, 4.69) is 17.9 Å². The Morgan fingerprint density at radius 2 is 1.58 bits per heavy atom. The molecule has 5 heteroatoms. The lowest BCUT2D eigenvalue weighted by atomic mass is 9.75. The summed E-state index contributed by atoms with van der Waals surface area (Å²) >= 11 is 4.13. The maximum Gasteiger partial charge on any atom is 0.398 e. The molecular formula is C21H24NO2S2+. The number of para-hydroxylation sites is 1. The van der Waals surface area contributed by atoms with Crippen molar-refractivity contribution < 1.29 is 9.59 Å². The Balaban J connectivity index is 1.92. The lowest BCUT2D eigenvalue weighted by Gasteiger charge is -2.32. The topological polar surface area (TPSA) is 46.2 Å². The molecule has 0 spiro atoms. The number of thiol groups is 1. The second kappa shape index (κ2) is 8.31. The molecule has 3 nitrogen and oxygen atoms in total. The summed E-state index contributed by atoms with van der Waals surface area (Å²) in [6, 6.07) is 17.2. The van der Waals surface area contributed by atoms with Crippen molar-refractivity contribution in [3.8, 4) is 0 Å². The van der Waals surface area contributed by atoms with Crippen LogP contribution in [0.5, 0.6) is 0 Å². The third-order valence-electron chi connectivity index (χ3n) is 5.01. The van der Waals surface area contributed by atoms with E-state index in [9.17, 15) is 9.59 Å². The molecule has 1 saturated carbocycles. The van der Waals surface area contributed by atoms with Gasteiger partial charge in [0.1, 0.15) is 10.9 Å². The average Bonchev–Trinajstić information content (AvgIpc) is 2.64. The Kier molecular flexibility index (Phi) is 6.09. The minimum Gasteiger partial charge on any atom is -0.321 e. The number of nitrogens with one attached hydrogen (secondary N) is 1. The summed E-state index contributed by atoms with van der Waals surface area (Å²) in [6.07, 6.45) is 5.21. The molecule has 1 atom stereocenters. The van der Waals surface area contributed by atoms with Crippen molar-refractivity contribution >= 4 is 39.6 Å². The van der Waals surface area contributed by atoms with E-state index in [4.69, 9.17) is 0 Å². The molecule has 2 aromatic carbocycles. The Bertz CT molecular complexity index is 786. The van der Waals surface area contributed by atoms with Crippen LogP contribution in [0.3, 0.4) is 0 Å². The number of hydrogen-bond acceptors (Lipinski definition) is 2. The molecule has 3 rings (SSSR count). The van der Waals surface area contributed by atoms with Crippen molar-refractivity contribution in [2.24, 2.45) is 5.41 Å². The van der Waals surface area contributed by atoms with Gasteiger partial charge in [-0.15, -0.1) is 0 Å². The van der Waals surface area contributed by atoms with Crippen LogP contribution in [0.2, 0.25) is 0 Å². The summed E-state index contributed by atoms with van der Waals surface area (Å²) in [5, 5.41) is 3.11. The van der Waals surface area contributed by atoms with Crippen LogP contribution >= 0.6 is 12.6 Å². The van der Waals surface area contributed by atoms with Gasteiger partial charge in [0.25, 0.3) is 0 Å². The lowest BCUT2D eigenvalue weighted by Crippen LogP contribution is -2.35. The monoisotopic (exact) mass is 386 g/mol. The molecule has 136 valence electrons. The van der Waals surface area contributed by atoms with E-state index in [1.807, 2.05) is 61.5 Å². The van der Waals surface area contributed by atoms with Crippen LogP contribution in [0.4, 0.5) is 10.5 Å². The van der Waals surface area contributed by atoms with Gasteiger partial charge in [0.05, 0.1) is 5.69 Å². The van der Waals surface area contributed by atoms with Gasteiger partial charge in [-0.2, -0.15) is 0 Å². The van der Waals surface area contributed by atoms with Gasteiger partial charge < -0.3 is 5.32 Å². The van der Waals surface area contributed by atoms with E-state index in [0.717, 1.165) is 35.5 Å². The third kappa shape index (κ3) is 4.15. The second-order valence-corrected chi connectivity index (χ2v) is 9.56. The van der Waals surface area contributed by atoms with Crippen molar-refractivity contribution in [1.29, 1.82) is 0 Å². The normalized spacial score (nSPS) is 17.3. The lowest BCUT2D eigenvalue weighted by molar-refractivity contribution is -0.126. The standard InChI is InChI=1S/C21H23NO2S2/c1-21(14-8-3-9-15-21)19(23)22-17-12-6-7-13-18(17)26(20(24)25)16-10-4-2-5-11-16/h2,4-7,10-13H,3,8-9,14-15H2,1H3,(H-,22,23,24,25)/p+1. The van der Waals surface area contributed by atoms with E-state index >= 15 is 0 Å². The predicted octanol–water partition coefficient (Wildman–Crippen LogP) is 5.68. The molecule has 0 bridgehead atoms. The van der Waals surface area contributed by atoms with Gasteiger partial charge in [0.15, 0.2) is 9.79 Å². The molecule has 26 heavy (non-hydrogen) atoms. The fourth-order valence-corrected chi connectivity index (χ4v) is 5.70. The maximum atomic E-state index is 13.0. The van der Waals surface area contributed by atoms with Crippen LogP contribution in [0.15, 0.2) is 64.4 Å². The number of anilines is 1. The first-order valence-electron chi connectivity index (χ1n) is 8.94. The number of hydrogen-bond donors (Lipinski definition) is 2. The molecule has 1 fully saturated rings. The van der Waals surface area contributed by atoms with Crippen molar-refractivity contribution in [2.75, 3.05) is 5.32 Å². The van der Waals surface area contributed by atoms with Crippen molar-refractivity contribution in [3.63, 3.8) is 0 Å². The first-order chi connectivity index (χ1) is 12.5. The summed E-state index contributed by atoms with van der Waals surface area (Å²) in [4.78, 5) is 27.0.